The van der Waals surface area contributed by atoms with Crippen LogP contribution < -0.4 is 15.4 Å². The number of benzene rings is 3. The Kier molecular flexibility index (Phi) is 6.77. The fourth-order valence-corrected chi connectivity index (χ4v) is 3.19. The number of carbonyl (C=O) groups excluding carboxylic acids is 1. The Morgan fingerprint density at radius 2 is 1.59 bits per heavy atom. The van der Waals surface area contributed by atoms with E-state index in [0.717, 1.165) is 27.8 Å². The quantitative estimate of drug-likeness (QED) is 0.424. The maximum absolute atomic E-state index is 12.1. The van der Waals surface area contributed by atoms with Crippen LogP contribution in [0.5, 0.6) is 5.75 Å². The van der Waals surface area contributed by atoms with Gasteiger partial charge in [0.15, 0.2) is 5.82 Å². The lowest BCUT2D eigenvalue weighted by Gasteiger charge is -2.12. The number of para-hydroxylation sites is 1. The fraction of sp³-hybridized carbons (Fsp3) is 0.160. The normalized spacial score (nSPS) is 10.5. The van der Waals surface area contributed by atoms with E-state index in [-0.39, 0.29) is 13.2 Å². The van der Waals surface area contributed by atoms with Crippen molar-refractivity contribution >= 4 is 22.8 Å². The zero-order valence-electron chi connectivity index (χ0n) is 17.7. The maximum atomic E-state index is 12.1. The molecule has 0 fully saturated rings. The second kappa shape index (κ2) is 10.3. The molecule has 7 heteroatoms. The number of nitrogens with zero attached hydrogens (tertiary/aromatic N) is 2. The molecule has 1 aromatic heterocycles. The van der Waals surface area contributed by atoms with Crippen LogP contribution in [-0.4, -0.2) is 23.2 Å². The van der Waals surface area contributed by atoms with E-state index in [2.05, 4.69) is 20.6 Å². The van der Waals surface area contributed by atoms with Crippen molar-refractivity contribution in [3.8, 4) is 5.75 Å². The van der Waals surface area contributed by atoms with Gasteiger partial charge in [-0.15, -0.1) is 0 Å². The van der Waals surface area contributed by atoms with E-state index in [0.29, 0.717) is 18.2 Å². The molecule has 0 aliphatic heterocycles. The van der Waals surface area contributed by atoms with Crippen molar-refractivity contribution in [2.45, 2.75) is 19.7 Å². The largest absolute Gasteiger partial charge is 0.497 e. The number of anilines is 1. The molecule has 7 nitrogen and oxygen atoms in total. The molecule has 0 aliphatic rings. The lowest BCUT2D eigenvalue weighted by molar-refractivity contribution is 0.139. The van der Waals surface area contributed by atoms with Crippen LogP contribution in [0.2, 0.25) is 0 Å². The van der Waals surface area contributed by atoms with Gasteiger partial charge in [0.2, 0.25) is 0 Å². The van der Waals surface area contributed by atoms with Crippen LogP contribution in [-0.2, 0) is 24.4 Å². The van der Waals surface area contributed by atoms with Crippen molar-refractivity contribution in [1.82, 2.24) is 15.3 Å². The molecule has 1 heterocycles. The summed E-state index contributed by atoms with van der Waals surface area (Å²) in [5.74, 6) is 2.02. The first-order chi connectivity index (χ1) is 15.7. The number of fused-ring (bicyclic) bond motifs is 1. The van der Waals surface area contributed by atoms with Gasteiger partial charge in [-0.1, -0.05) is 54.6 Å². The molecular formula is C25H24N4O3. The molecule has 0 unspecified atom stereocenters. The molecule has 0 aliphatic carbocycles. The molecule has 0 saturated heterocycles. The first-order valence-electron chi connectivity index (χ1n) is 10.3. The summed E-state index contributed by atoms with van der Waals surface area (Å²) in [6.45, 7) is 0.965. The van der Waals surface area contributed by atoms with Crippen LogP contribution in [0, 0.1) is 0 Å². The second-order valence-corrected chi connectivity index (χ2v) is 7.12. The smallest absolute Gasteiger partial charge is 0.407 e. The molecule has 0 spiro atoms. The van der Waals surface area contributed by atoms with E-state index in [1.165, 1.54) is 0 Å². The molecule has 1 amide bonds. The van der Waals surface area contributed by atoms with Crippen molar-refractivity contribution in [3.05, 3.63) is 95.8 Å². The lowest BCUT2D eigenvalue weighted by Crippen LogP contribution is -2.25. The van der Waals surface area contributed by atoms with Gasteiger partial charge in [-0.05, 0) is 35.4 Å². The van der Waals surface area contributed by atoms with Crippen molar-refractivity contribution in [2.75, 3.05) is 12.4 Å². The zero-order chi connectivity index (χ0) is 22.2. The van der Waals surface area contributed by atoms with Crippen LogP contribution in [0.4, 0.5) is 10.6 Å². The number of methoxy groups -OCH3 is 1. The molecule has 4 aromatic rings. The SMILES string of the molecule is COc1ccc(CNc2nc(CNC(=O)OCc3ccccc3)nc3ccccc23)cc1. The van der Waals surface area contributed by atoms with Gasteiger partial charge in [-0.25, -0.2) is 14.8 Å². The third-order valence-corrected chi connectivity index (χ3v) is 4.87. The minimum absolute atomic E-state index is 0.162. The first kappa shape index (κ1) is 21.1. The van der Waals surface area contributed by atoms with Crippen molar-refractivity contribution in [1.29, 1.82) is 0 Å². The van der Waals surface area contributed by atoms with Gasteiger partial charge in [0.1, 0.15) is 18.2 Å². The molecular weight excluding hydrogens is 404 g/mol. The van der Waals surface area contributed by atoms with Crippen LogP contribution in [0.15, 0.2) is 78.9 Å². The Labute approximate surface area is 186 Å². The molecule has 0 saturated carbocycles. The lowest BCUT2D eigenvalue weighted by atomic mass is 10.2. The minimum atomic E-state index is -0.515. The van der Waals surface area contributed by atoms with E-state index >= 15 is 0 Å². The van der Waals surface area contributed by atoms with Gasteiger partial charge in [-0.3, -0.25) is 0 Å². The highest BCUT2D eigenvalue weighted by molar-refractivity contribution is 5.89. The third kappa shape index (κ3) is 5.51. The summed E-state index contributed by atoms with van der Waals surface area (Å²) in [6.07, 6.45) is -0.515. The maximum Gasteiger partial charge on any atom is 0.407 e. The number of ether oxygens (including phenoxy) is 2. The van der Waals surface area contributed by atoms with E-state index in [9.17, 15) is 4.79 Å². The first-order valence-corrected chi connectivity index (χ1v) is 10.3. The Bertz CT molecular complexity index is 1180. The standard InChI is InChI=1S/C25H24N4O3/c1-31-20-13-11-18(12-14-20)15-26-24-21-9-5-6-10-22(21)28-23(29-24)16-27-25(30)32-17-19-7-3-2-4-8-19/h2-14H,15-17H2,1H3,(H,27,30)(H,26,28,29). The molecule has 3 aromatic carbocycles. The summed E-state index contributed by atoms with van der Waals surface area (Å²) in [6, 6.07) is 25.1. The Morgan fingerprint density at radius 1 is 0.844 bits per heavy atom. The summed E-state index contributed by atoms with van der Waals surface area (Å²) >= 11 is 0. The van der Waals surface area contributed by atoms with E-state index in [4.69, 9.17) is 9.47 Å². The monoisotopic (exact) mass is 428 g/mol. The van der Waals surface area contributed by atoms with E-state index in [1.807, 2.05) is 78.9 Å². The molecule has 0 atom stereocenters. The van der Waals surface area contributed by atoms with Crippen molar-refractivity contribution < 1.29 is 14.3 Å². The summed E-state index contributed by atoms with van der Waals surface area (Å²) in [7, 11) is 1.65. The average Bonchev–Trinajstić information content (AvgIpc) is 2.85. The zero-order valence-corrected chi connectivity index (χ0v) is 17.7. The van der Waals surface area contributed by atoms with Crippen LogP contribution in [0.1, 0.15) is 17.0 Å². The summed E-state index contributed by atoms with van der Waals surface area (Å²) in [4.78, 5) is 21.3. The van der Waals surface area contributed by atoms with Crippen LogP contribution in [0.3, 0.4) is 0 Å². The van der Waals surface area contributed by atoms with Crippen LogP contribution in [0.25, 0.3) is 10.9 Å². The van der Waals surface area contributed by atoms with Gasteiger partial charge in [0.05, 0.1) is 19.2 Å². The van der Waals surface area contributed by atoms with E-state index in [1.54, 1.807) is 7.11 Å². The van der Waals surface area contributed by atoms with Crippen molar-refractivity contribution in [2.24, 2.45) is 0 Å². The average molecular weight is 428 g/mol. The van der Waals surface area contributed by atoms with Gasteiger partial charge >= 0.3 is 6.09 Å². The Hall–Kier alpha value is -4.13. The summed E-state index contributed by atoms with van der Waals surface area (Å²) in [5.41, 5.74) is 2.82. The van der Waals surface area contributed by atoms with Crippen LogP contribution >= 0.6 is 0 Å². The predicted octanol–water partition coefficient (Wildman–Crippen LogP) is 4.68. The highest BCUT2D eigenvalue weighted by Gasteiger charge is 2.10. The molecule has 32 heavy (non-hydrogen) atoms. The molecule has 0 radical (unpaired) electrons. The number of alkyl carbamates (subject to hydrolysis) is 1. The molecule has 0 bridgehead atoms. The van der Waals surface area contributed by atoms with Crippen molar-refractivity contribution in [3.63, 3.8) is 0 Å². The number of hydrogen-bond acceptors (Lipinski definition) is 6. The van der Waals surface area contributed by atoms with Gasteiger partial charge in [0, 0.05) is 11.9 Å². The minimum Gasteiger partial charge on any atom is -0.497 e. The summed E-state index contributed by atoms with van der Waals surface area (Å²) < 4.78 is 10.5. The van der Waals surface area contributed by atoms with E-state index < -0.39 is 6.09 Å². The topological polar surface area (TPSA) is 85.4 Å². The number of rotatable bonds is 8. The Morgan fingerprint density at radius 3 is 2.38 bits per heavy atom. The number of carbonyl (C=O) groups is 1. The number of amides is 1. The molecule has 2 N–H and O–H groups in total. The fourth-order valence-electron chi connectivity index (χ4n) is 3.19. The number of hydrogen-bond donors (Lipinski definition) is 2. The highest BCUT2D eigenvalue weighted by atomic mass is 16.5. The summed E-state index contributed by atoms with van der Waals surface area (Å²) in [5, 5.41) is 7.01. The van der Waals surface area contributed by atoms with Gasteiger partial charge in [0.25, 0.3) is 0 Å². The Balaban J connectivity index is 1.42. The van der Waals surface area contributed by atoms with Gasteiger partial charge in [-0.2, -0.15) is 0 Å². The molecule has 4 rings (SSSR count). The number of aromatic nitrogens is 2. The second-order valence-electron chi connectivity index (χ2n) is 7.12. The third-order valence-electron chi connectivity index (χ3n) is 4.87. The predicted molar refractivity (Wildman–Crippen MR) is 123 cm³/mol. The number of nitrogens with one attached hydrogen (secondary N) is 2. The highest BCUT2D eigenvalue weighted by Crippen LogP contribution is 2.21. The molecule has 162 valence electrons. The van der Waals surface area contributed by atoms with Gasteiger partial charge < -0.3 is 20.1 Å².